The third-order valence-corrected chi connectivity index (χ3v) is 4.45. The Morgan fingerprint density at radius 1 is 1.17 bits per heavy atom. The summed E-state index contributed by atoms with van der Waals surface area (Å²) in [6, 6.07) is 0. The van der Waals surface area contributed by atoms with Crippen LogP contribution in [0.5, 0.6) is 0 Å². The average molecular weight is 253 g/mol. The van der Waals surface area contributed by atoms with E-state index in [-0.39, 0.29) is 5.54 Å². The lowest BCUT2D eigenvalue weighted by atomic mass is 9.82. The lowest BCUT2D eigenvalue weighted by Crippen LogP contribution is -2.41. The monoisotopic (exact) mass is 253 g/mol. The normalized spacial score (nSPS) is 21.2. The van der Waals surface area contributed by atoms with E-state index < -0.39 is 0 Å². The van der Waals surface area contributed by atoms with Gasteiger partial charge in [-0.3, -0.25) is 0 Å². The number of rotatable bonds is 7. The largest absolute Gasteiger partial charge is 0.312 e. The Bertz CT molecular complexity index is 210. The Hall–Kier alpha value is -0.0400. The zero-order valence-corrected chi connectivity index (χ0v) is 13.4. The van der Waals surface area contributed by atoms with Gasteiger partial charge in [0.25, 0.3) is 0 Å². The fourth-order valence-corrected chi connectivity index (χ4v) is 3.44. The molecule has 1 N–H and O–H groups in total. The second-order valence-corrected chi connectivity index (χ2v) is 7.57. The van der Waals surface area contributed by atoms with Crippen molar-refractivity contribution in [2.24, 2.45) is 17.8 Å². The van der Waals surface area contributed by atoms with Crippen LogP contribution in [-0.2, 0) is 0 Å². The Labute approximate surface area is 115 Å². The fourth-order valence-electron chi connectivity index (χ4n) is 3.44. The minimum atomic E-state index is 0.269. The molecule has 2 atom stereocenters. The van der Waals surface area contributed by atoms with E-state index in [0.29, 0.717) is 0 Å². The van der Waals surface area contributed by atoms with Crippen LogP contribution >= 0.6 is 0 Å². The minimum Gasteiger partial charge on any atom is -0.312 e. The summed E-state index contributed by atoms with van der Waals surface area (Å²) in [4.78, 5) is 0. The highest BCUT2D eigenvalue weighted by molar-refractivity contribution is 4.81. The molecule has 0 saturated heterocycles. The number of hydrogen-bond donors (Lipinski definition) is 1. The molecule has 0 aliphatic heterocycles. The maximum atomic E-state index is 3.75. The molecule has 1 nitrogen and oxygen atoms in total. The molecule has 0 heterocycles. The Morgan fingerprint density at radius 3 is 2.28 bits per heavy atom. The predicted molar refractivity (Wildman–Crippen MR) is 81.9 cm³/mol. The molecule has 1 rings (SSSR count). The summed E-state index contributed by atoms with van der Waals surface area (Å²) in [5, 5.41) is 3.75. The van der Waals surface area contributed by atoms with Crippen molar-refractivity contribution >= 4 is 0 Å². The Balaban J connectivity index is 2.46. The van der Waals surface area contributed by atoms with Gasteiger partial charge < -0.3 is 5.32 Å². The maximum Gasteiger partial charge on any atom is 0.00966 e. The van der Waals surface area contributed by atoms with Crippen molar-refractivity contribution in [2.75, 3.05) is 6.54 Å². The molecule has 108 valence electrons. The van der Waals surface area contributed by atoms with Crippen LogP contribution in [0.3, 0.4) is 0 Å². The minimum absolute atomic E-state index is 0.269. The summed E-state index contributed by atoms with van der Waals surface area (Å²) in [6.45, 7) is 12.8. The molecule has 0 amide bonds. The highest BCUT2D eigenvalue weighted by Gasteiger charge is 2.27. The van der Waals surface area contributed by atoms with E-state index in [9.17, 15) is 0 Å². The van der Waals surface area contributed by atoms with E-state index in [4.69, 9.17) is 0 Å². The highest BCUT2D eigenvalue weighted by Crippen LogP contribution is 2.35. The molecule has 0 aromatic rings. The van der Waals surface area contributed by atoms with Gasteiger partial charge in [-0.1, -0.05) is 52.4 Å². The molecule has 1 fully saturated rings. The Kier molecular flexibility index (Phi) is 6.70. The first-order valence-corrected chi connectivity index (χ1v) is 8.17. The van der Waals surface area contributed by atoms with Crippen LogP contribution in [0.2, 0.25) is 0 Å². The standard InChI is InChI=1S/C17H35N/c1-6-9-14(2)12-16(13-18-17(3,4)5)15-10-7-8-11-15/h14-16,18H,6-13H2,1-5H3. The SMILES string of the molecule is CCCC(C)CC(CNC(C)(C)C)C1CCCC1. The third-order valence-electron chi connectivity index (χ3n) is 4.45. The van der Waals surface area contributed by atoms with E-state index in [1.807, 2.05) is 0 Å². The van der Waals surface area contributed by atoms with Crippen LogP contribution in [0.15, 0.2) is 0 Å². The summed E-state index contributed by atoms with van der Waals surface area (Å²) in [7, 11) is 0. The van der Waals surface area contributed by atoms with Gasteiger partial charge in [0.15, 0.2) is 0 Å². The van der Waals surface area contributed by atoms with Gasteiger partial charge in [0.1, 0.15) is 0 Å². The Morgan fingerprint density at radius 2 is 1.78 bits per heavy atom. The van der Waals surface area contributed by atoms with Crippen LogP contribution in [0.1, 0.15) is 79.6 Å². The summed E-state index contributed by atoms with van der Waals surface area (Å²) < 4.78 is 0. The van der Waals surface area contributed by atoms with Crippen LogP contribution in [-0.4, -0.2) is 12.1 Å². The summed E-state index contributed by atoms with van der Waals surface area (Å²) in [6.07, 6.45) is 10.1. The quantitative estimate of drug-likeness (QED) is 0.672. The van der Waals surface area contributed by atoms with Crippen LogP contribution in [0.25, 0.3) is 0 Å². The molecule has 1 heteroatoms. The second kappa shape index (κ2) is 7.53. The highest BCUT2D eigenvalue weighted by atomic mass is 14.9. The fraction of sp³-hybridized carbons (Fsp3) is 1.00. The van der Waals surface area contributed by atoms with E-state index in [1.165, 1.54) is 51.5 Å². The second-order valence-electron chi connectivity index (χ2n) is 7.57. The molecule has 0 spiro atoms. The van der Waals surface area contributed by atoms with Crippen LogP contribution in [0, 0.1) is 17.8 Å². The van der Waals surface area contributed by atoms with Crippen molar-refractivity contribution in [1.29, 1.82) is 0 Å². The molecule has 1 aliphatic carbocycles. The van der Waals surface area contributed by atoms with Gasteiger partial charge in [0.05, 0.1) is 0 Å². The molecule has 1 aliphatic rings. The van der Waals surface area contributed by atoms with Crippen molar-refractivity contribution in [2.45, 2.75) is 85.1 Å². The first-order valence-electron chi connectivity index (χ1n) is 8.17. The lowest BCUT2D eigenvalue weighted by molar-refractivity contribution is 0.240. The smallest absolute Gasteiger partial charge is 0.00966 e. The summed E-state index contributed by atoms with van der Waals surface area (Å²) >= 11 is 0. The van der Waals surface area contributed by atoms with Crippen molar-refractivity contribution < 1.29 is 0 Å². The maximum absolute atomic E-state index is 3.75. The molecule has 1 saturated carbocycles. The van der Waals surface area contributed by atoms with Crippen molar-refractivity contribution in [3.05, 3.63) is 0 Å². The summed E-state index contributed by atoms with van der Waals surface area (Å²) in [5.74, 6) is 2.81. The van der Waals surface area contributed by atoms with Gasteiger partial charge in [-0.15, -0.1) is 0 Å². The van der Waals surface area contributed by atoms with Crippen molar-refractivity contribution in [3.8, 4) is 0 Å². The third kappa shape index (κ3) is 6.22. The van der Waals surface area contributed by atoms with Crippen molar-refractivity contribution in [3.63, 3.8) is 0 Å². The molecular formula is C17H35N. The molecule has 0 radical (unpaired) electrons. The first kappa shape index (κ1) is 16.0. The van der Waals surface area contributed by atoms with Crippen LogP contribution < -0.4 is 5.32 Å². The van der Waals surface area contributed by atoms with Gasteiger partial charge >= 0.3 is 0 Å². The predicted octanol–water partition coefficient (Wildman–Crippen LogP) is 5.01. The molecule has 0 bridgehead atoms. The zero-order valence-electron chi connectivity index (χ0n) is 13.4. The molecule has 18 heavy (non-hydrogen) atoms. The van der Waals surface area contributed by atoms with Gasteiger partial charge in [-0.05, 0) is 51.5 Å². The average Bonchev–Trinajstić information content (AvgIpc) is 2.76. The van der Waals surface area contributed by atoms with Crippen LogP contribution in [0.4, 0.5) is 0 Å². The van der Waals surface area contributed by atoms with Crippen molar-refractivity contribution in [1.82, 2.24) is 5.32 Å². The summed E-state index contributed by atoms with van der Waals surface area (Å²) in [5.41, 5.74) is 0.269. The lowest BCUT2D eigenvalue weighted by Gasteiger charge is -2.30. The van der Waals surface area contributed by atoms with E-state index in [1.54, 1.807) is 0 Å². The van der Waals surface area contributed by atoms with E-state index in [0.717, 1.165) is 17.8 Å². The molecular weight excluding hydrogens is 218 g/mol. The molecule has 0 aromatic carbocycles. The van der Waals surface area contributed by atoms with Gasteiger partial charge in [-0.2, -0.15) is 0 Å². The molecule has 0 aromatic heterocycles. The zero-order chi connectivity index (χ0) is 13.6. The first-order chi connectivity index (χ1) is 8.42. The van der Waals surface area contributed by atoms with Gasteiger partial charge in [-0.25, -0.2) is 0 Å². The van der Waals surface area contributed by atoms with E-state index >= 15 is 0 Å². The number of hydrogen-bond acceptors (Lipinski definition) is 1. The van der Waals surface area contributed by atoms with E-state index in [2.05, 4.69) is 39.9 Å². The topological polar surface area (TPSA) is 12.0 Å². The van der Waals surface area contributed by atoms with Gasteiger partial charge in [0.2, 0.25) is 0 Å². The number of nitrogens with one attached hydrogen (secondary N) is 1. The van der Waals surface area contributed by atoms with Gasteiger partial charge in [0, 0.05) is 5.54 Å². The molecule has 2 unspecified atom stereocenters.